The Morgan fingerprint density at radius 2 is 0.773 bits per heavy atom. The van der Waals surface area contributed by atoms with E-state index >= 15 is 0 Å². The molecule has 306 valence electrons. The van der Waals surface area contributed by atoms with Gasteiger partial charge in [0.15, 0.2) is 0 Å². The molecule has 5 heterocycles. The zero-order valence-electron chi connectivity index (χ0n) is 36.8. The molecule has 7 heteroatoms. The van der Waals surface area contributed by atoms with Gasteiger partial charge in [-0.15, -0.1) is 22.7 Å². The maximum atomic E-state index is 2.46. The first-order chi connectivity index (χ1) is 32.5. The summed E-state index contributed by atoms with van der Waals surface area (Å²) >= 11 is 3.90. The molecule has 0 amide bonds. The number of benzene rings is 8. The number of thiophene rings is 2. The predicted molar refractivity (Wildman–Crippen MR) is 291 cm³/mol. The summed E-state index contributed by atoms with van der Waals surface area (Å²) < 4.78 is 2.78. The van der Waals surface area contributed by atoms with Gasteiger partial charge in [0.05, 0.1) is 5.00 Å². The second-order valence-electron chi connectivity index (χ2n) is 19.0. The van der Waals surface area contributed by atoms with Crippen LogP contribution < -0.4 is 69.1 Å². The van der Waals surface area contributed by atoms with Crippen LogP contribution in [0.2, 0.25) is 0 Å². The van der Waals surface area contributed by atoms with E-state index in [1.165, 1.54) is 102 Å². The van der Waals surface area contributed by atoms with Crippen molar-refractivity contribution < 1.29 is 0 Å². The molecule has 0 spiro atoms. The van der Waals surface area contributed by atoms with Crippen molar-refractivity contribution in [2.75, 3.05) is 4.90 Å². The number of fused-ring (bicyclic) bond motifs is 9. The maximum absolute atomic E-state index is 2.46. The fraction of sp³-hybridized carbons (Fsp3) is 0.0508. The molecule has 2 aromatic heterocycles. The molecule has 0 unspecified atom stereocenters. The number of para-hydroxylation sites is 2. The van der Waals surface area contributed by atoms with Crippen LogP contribution in [0.15, 0.2) is 212 Å². The minimum Gasteiger partial charge on any atom is -0.302 e. The van der Waals surface area contributed by atoms with E-state index in [0.29, 0.717) is 0 Å². The highest BCUT2D eigenvalue weighted by molar-refractivity contribution is 7.33. The Bertz CT molecular complexity index is 3540. The van der Waals surface area contributed by atoms with E-state index in [4.69, 9.17) is 0 Å². The quantitative estimate of drug-likeness (QED) is 0.179. The summed E-state index contributed by atoms with van der Waals surface area (Å²) in [5.41, 5.74) is 23.8. The highest BCUT2D eigenvalue weighted by Crippen LogP contribution is 2.52. The molecular formula is C59H41B4NS2. The van der Waals surface area contributed by atoms with Crippen molar-refractivity contribution in [3.8, 4) is 21.6 Å². The molecule has 0 N–H and O–H groups in total. The van der Waals surface area contributed by atoms with Crippen LogP contribution >= 0.6 is 22.7 Å². The first kappa shape index (κ1) is 38.5. The van der Waals surface area contributed by atoms with Gasteiger partial charge in [0.2, 0.25) is 13.4 Å². The lowest BCUT2D eigenvalue weighted by Gasteiger charge is -2.43. The average molecular weight is 871 g/mol. The SMILES string of the molecule is CC1(C)c2ccccc2-c2c(-c3ccc(B4c5ccccc5B5c6cccc7c6B(c6ccccc6B7c6ccc(N(c7ccccc7)c7ccccc7)s6)c6cccc4c65)s3)cccc21. The summed E-state index contributed by atoms with van der Waals surface area (Å²) in [5, 5.41) is 1.22. The van der Waals surface area contributed by atoms with Gasteiger partial charge in [0.1, 0.15) is 0 Å². The zero-order chi connectivity index (χ0) is 43.7. The Morgan fingerprint density at radius 3 is 1.36 bits per heavy atom. The van der Waals surface area contributed by atoms with Gasteiger partial charge in [0.25, 0.3) is 13.4 Å². The molecule has 0 atom stereocenters. The van der Waals surface area contributed by atoms with Gasteiger partial charge < -0.3 is 4.90 Å². The lowest BCUT2D eigenvalue weighted by molar-refractivity contribution is 0.660. The third kappa shape index (κ3) is 5.45. The van der Waals surface area contributed by atoms with E-state index in [1.54, 1.807) is 0 Å². The highest BCUT2D eigenvalue weighted by atomic mass is 32.1. The Balaban J connectivity index is 0.920. The van der Waals surface area contributed by atoms with Crippen molar-refractivity contribution in [2.24, 2.45) is 0 Å². The number of hydrogen-bond donors (Lipinski definition) is 0. The fourth-order valence-corrected chi connectivity index (χ4v) is 15.0. The molecular weight excluding hydrogens is 830 g/mol. The van der Waals surface area contributed by atoms with Gasteiger partial charge in [-0.25, -0.2) is 0 Å². The molecule has 1 aliphatic carbocycles. The highest BCUT2D eigenvalue weighted by Gasteiger charge is 2.50. The van der Waals surface area contributed by atoms with Gasteiger partial charge in [-0.3, -0.25) is 0 Å². The molecule has 0 bridgehead atoms. The molecule has 66 heavy (non-hydrogen) atoms. The largest absolute Gasteiger partial charge is 0.302 e. The van der Waals surface area contributed by atoms with E-state index < -0.39 is 0 Å². The third-order valence-electron chi connectivity index (χ3n) is 15.3. The standard InChI is InChI=1S/C59H41B4NS2/c1-59(2)42-24-10-9-22-40(42)56-41(23-15-25-43(56)59)52-34-35-53(65-52)60-44-26-11-13-28-46(44)62-51-33-17-31-49-58(51)63(50-32-16-30-48(60)57(50)62)47-29-14-12-27-45(47)61(49)54-36-37-55(66-54)64(38-18-5-3-6-19-38)39-20-7-4-8-21-39/h3-37H,1-2H3. The maximum Gasteiger partial charge on any atom is 0.253 e. The van der Waals surface area contributed by atoms with Gasteiger partial charge >= 0.3 is 0 Å². The molecule has 0 radical (unpaired) electrons. The van der Waals surface area contributed by atoms with Crippen LogP contribution in [-0.2, 0) is 5.41 Å². The van der Waals surface area contributed by atoms with Crippen molar-refractivity contribution in [1.82, 2.24) is 0 Å². The summed E-state index contributed by atoms with van der Waals surface area (Å²) in [5.74, 6) is 0. The Morgan fingerprint density at radius 1 is 0.348 bits per heavy atom. The van der Waals surface area contributed by atoms with E-state index in [1.807, 2.05) is 22.7 Å². The van der Waals surface area contributed by atoms with Crippen LogP contribution in [0.5, 0.6) is 0 Å². The summed E-state index contributed by atoms with van der Waals surface area (Å²) in [6.45, 7) is 5.33. The molecule has 4 aliphatic rings. The molecule has 14 rings (SSSR count). The van der Waals surface area contributed by atoms with Gasteiger partial charge in [-0.05, 0) is 73.8 Å². The lowest BCUT2D eigenvalue weighted by atomic mass is 9.11. The van der Waals surface area contributed by atoms with Crippen LogP contribution in [-0.4, -0.2) is 26.9 Å². The first-order valence-corrected chi connectivity index (χ1v) is 24.9. The Kier molecular flexibility index (Phi) is 8.52. The van der Waals surface area contributed by atoms with Crippen LogP contribution in [0.3, 0.4) is 0 Å². The number of anilines is 3. The lowest BCUT2D eigenvalue weighted by Crippen LogP contribution is -2.89. The number of nitrogens with zero attached hydrogens (tertiary/aromatic N) is 1. The van der Waals surface area contributed by atoms with Gasteiger partial charge in [-0.2, -0.15) is 0 Å². The van der Waals surface area contributed by atoms with Crippen molar-refractivity contribution in [3.63, 3.8) is 0 Å². The van der Waals surface area contributed by atoms with Crippen molar-refractivity contribution >= 4 is 130 Å². The van der Waals surface area contributed by atoms with Crippen LogP contribution in [0, 0.1) is 0 Å². The van der Waals surface area contributed by atoms with Crippen LogP contribution in [0.25, 0.3) is 21.6 Å². The van der Waals surface area contributed by atoms with Crippen LogP contribution in [0.4, 0.5) is 16.4 Å². The summed E-state index contributed by atoms with van der Waals surface area (Å²) in [6, 6.07) is 80.5. The van der Waals surface area contributed by atoms with E-state index in [0.717, 1.165) is 11.4 Å². The average Bonchev–Trinajstić information content (AvgIpc) is 4.11. The van der Waals surface area contributed by atoms with E-state index in [9.17, 15) is 0 Å². The van der Waals surface area contributed by atoms with Crippen molar-refractivity contribution in [1.29, 1.82) is 0 Å². The van der Waals surface area contributed by atoms with Crippen LogP contribution in [0.1, 0.15) is 25.0 Å². The summed E-state index contributed by atoms with van der Waals surface area (Å²) in [4.78, 5) is 3.75. The normalized spacial score (nSPS) is 14.2. The van der Waals surface area contributed by atoms with E-state index in [2.05, 4.69) is 231 Å². The van der Waals surface area contributed by atoms with Crippen molar-refractivity contribution in [2.45, 2.75) is 19.3 Å². The topological polar surface area (TPSA) is 3.24 Å². The Labute approximate surface area is 396 Å². The molecule has 10 aromatic rings. The molecule has 0 saturated heterocycles. The minimum absolute atomic E-state index is 0.0327. The summed E-state index contributed by atoms with van der Waals surface area (Å²) in [7, 11) is 0. The molecule has 3 aliphatic heterocycles. The molecule has 1 nitrogen and oxygen atoms in total. The summed E-state index contributed by atoms with van der Waals surface area (Å²) in [6.07, 6.45) is 0. The van der Waals surface area contributed by atoms with Gasteiger partial charge in [0, 0.05) is 21.7 Å². The number of hydrogen-bond acceptors (Lipinski definition) is 3. The second-order valence-corrected chi connectivity index (χ2v) is 21.2. The third-order valence-corrected chi connectivity index (χ3v) is 17.7. The smallest absolute Gasteiger partial charge is 0.253 e. The molecule has 0 saturated carbocycles. The van der Waals surface area contributed by atoms with Gasteiger partial charge in [-0.1, -0.05) is 244 Å². The molecule has 8 aromatic carbocycles. The minimum atomic E-state index is -0.0327. The fourth-order valence-electron chi connectivity index (χ4n) is 12.6. The second kappa shape index (κ2) is 14.6. The van der Waals surface area contributed by atoms with Crippen molar-refractivity contribution in [3.05, 3.63) is 223 Å². The van der Waals surface area contributed by atoms with E-state index in [-0.39, 0.29) is 32.3 Å². The first-order valence-electron chi connectivity index (χ1n) is 23.3. The monoisotopic (exact) mass is 871 g/mol. The predicted octanol–water partition coefficient (Wildman–Crippen LogP) is 6.26. The Hall–Kier alpha value is -6.78. The molecule has 0 fully saturated rings. The number of rotatable bonds is 6. The zero-order valence-corrected chi connectivity index (χ0v) is 38.4.